The number of hydrogen-bond acceptors (Lipinski definition) is 1. The third-order valence-electron chi connectivity index (χ3n) is 3.31. The van der Waals surface area contributed by atoms with E-state index < -0.39 is 0 Å². The number of rotatable bonds is 3. The molecule has 0 aliphatic rings. The van der Waals surface area contributed by atoms with Crippen molar-refractivity contribution in [3.05, 3.63) is 81.8 Å². The lowest BCUT2D eigenvalue weighted by atomic mass is 9.98. The van der Waals surface area contributed by atoms with E-state index in [1.807, 2.05) is 0 Å². The Bertz CT molecular complexity index is 857. The van der Waals surface area contributed by atoms with Crippen LogP contribution in [-0.2, 0) is 0 Å². The van der Waals surface area contributed by atoms with Crippen LogP contribution in [0.3, 0.4) is 0 Å². The summed E-state index contributed by atoms with van der Waals surface area (Å²) in [5.74, 6) is -0.564. The third kappa shape index (κ3) is 2.78. The van der Waals surface area contributed by atoms with Gasteiger partial charge in [0.25, 0.3) is 0 Å². The highest BCUT2D eigenvalue weighted by molar-refractivity contribution is 6.42. The molecule has 0 aliphatic heterocycles. The van der Waals surface area contributed by atoms with Crippen molar-refractivity contribution in [2.75, 3.05) is 0 Å². The first kappa shape index (κ1) is 14.8. The van der Waals surface area contributed by atoms with Gasteiger partial charge in [0.05, 0.1) is 10.0 Å². The van der Waals surface area contributed by atoms with Gasteiger partial charge in [-0.15, -0.1) is 0 Å². The van der Waals surface area contributed by atoms with Gasteiger partial charge in [-0.25, -0.2) is 4.39 Å². The second kappa shape index (κ2) is 5.95. The number of aromatic amines is 1. The van der Waals surface area contributed by atoms with Crippen LogP contribution in [0.25, 0.3) is 11.1 Å². The molecule has 1 aromatic heterocycles. The van der Waals surface area contributed by atoms with Crippen LogP contribution in [0.5, 0.6) is 0 Å². The van der Waals surface area contributed by atoms with Crippen molar-refractivity contribution in [2.24, 2.45) is 0 Å². The van der Waals surface area contributed by atoms with E-state index in [9.17, 15) is 9.18 Å². The highest BCUT2D eigenvalue weighted by Crippen LogP contribution is 2.28. The maximum atomic E-state index is 13.4. The summed E-state index contributed by atoms with van der Waals surface area (Å²) in [4.78, 5) is 15.5. The first-order valence-electron chi connectivity index (χ1n) is 6.49. The van der Waals surface area contributed by atoms with Crippen LogP contribution in [0.4, 0.5) is 4.39 Å². The lowest BCUT2D eigenvalue weighted by Gasteiger charge is -2.05. The Morgan fingerprint density at radius 1 is 1.00 bits per heavy atom. The highest BCUT2D eigenvalue weighted by atomic mass is 35.5. The average molecular weight is 334 g/mol. The summed E-state index contributed by atoms with van der Waals surface area (Å²) >= 11 is 11.8. The first-order valence-corrected chi connectivity index (χ1v) is 7.24. The van der Waals surface area contributed by atoms with E-state index in [0.717, 1.165) is 0 Å². The molecule has 0 saturated heterocycles. The number of halogens is 3. The van der Waals surface area contributed by atoms with Crippen LogP contribution in [0.2, 0.25) is 10.0 Å². The van der Waals surface area contributed by atoms with Gasteiger partial charge < -0.3 is 4.98 Å². The Morgan fingerprint density at radius 2 is 1.82 bits per heavy atom. The van der Waals surface area contributed by atoms with Crippen LogP contribution in [0.15, 0.2) is 54.9 Å². The van der Waals surface area contributed by atoms with Gasteiger partial charge >= 0.3 is 0 Å². The molecule has 0 amide bonds. The number of aromatic nitrogens is 1. The molecule has 0 bridgehead atoms. The zero-order valence-corrected chi connectivity index (χ0v) is 12.8. The molecule has 110 valence electrons. The van der Waals surface area contributed by atoms with Gasteiger partial charge in [0.15, 0.2) is 5.78 Å². The van der Waals surface area contributed by atoms with Crippen molar-refractivity contribution in [1.82, 2.24) is 4.98 Å². The van der Waals surface area contributed by atoms with Crippen molar-refractivity contribution >= 4 is 29.0 Å². The Kier molecular flexibility index (Phi) is 4.01. The minimum Gasteiger partial charge on any atom is -0.366 e. The molecule has 3 aromatic rings. The predicted octanol–water partition coefficient (Wildman–Crippen LogP) is 5.36. The largest absolute Gasteiger partial charge is 0.366 e. The molecule has 2 aromatic carbocycles. The van der Waals surface area contributed by atoms with E-state index in [1.54, 1.807) is 36.7 Å². The van der Waals surface area contributed by atoms with Crippen LogP contribution in [-0.4, -0.2) is 10.8 Å². The third-order valence-corrected chi connectivity index (χ3v) is 4.05. The lowest BCUT2D eigenvalue weighted by Crippen LogP contribution is -2.01. The number of carbonyl (C=O) groups is 1. The molecule has 2 nitrogen and oxygen atoms in total. The number of ketones is 1. The molecular weight excluding hydrogens is 324 g/mol. The molecule has 0 unspecified atom stereocenters. The molecular formula is C17H10Cl2FNO. The zero-order chi connectivity index (χ0) is 15.7. The van der Waals surface area contributed by atoms with E-state index in [2.05, 4.69) is 4.98 Å². The van der Waals surface area contributed by atoms with Gasteiger partial charge in [-0.2, -0.15) is 0 Å². The van der Waals surface area contributed by atoms with Crippen molar-refractivity contribution < 1.29 is 9.18 Å². The Balaban J connectivity index is 2.04. The number of benzene rings is 2. The summed E-state index contributed by atoms with van der Waals surface area (Å²) in [6.07, 6.45) is 3.25. The molecule has 1 heterocycles. The first-order chi connectivity index (χ1) is 10.6. The Labute approximate surface area is 136 Å². The van der Waals surface area contributed by atoms with Crippen LogP contribution in [0, 0.1) is 5.82 Å². The normalized spacial score (nSPS) is 10.7. The molecule has 0 spiro atoms. The molecule has 5 heteroatoms. The predicted molar refractivity (Wildman–Crippen MR) is 86.1 cm³/mol. The monoisotopic (exact) mass is 333 g/mol. The van der Waals surface area contributed by atoms with Crippen molar-refractivity contribution in [3.63, 3.8) is 0 Å². The molecule has 0 atom stereocenters. The van der Waals surface area contributed by atoms with Gasteiger partial charge in [-0.1, -0.05) is 35.3 Å². The highest BCUT2D eigenvalue weighted by Gasteiger charge is 2.17. The maximum Gasteiger partial charge on any atom is 0.195 e. The van der Waals surface area contributed by atoms with Gasteiger partial charge in [-0.05, 0) is 35.9 Å². The van der Waals surface area contributed by atoms with E-state index in [0.29, 0.717) is 32.3 Å². The van der Waals surface area contributed by atoms with E-state index in [1.165, 1.54) is 18.2 Å². The molecule has 0 fully saturated rings. The summed E-state index contributed by atoms with van der Waals surface area (Å²) in [7, 11) is 0. The summed E-state index contributed by atoms with van der Waals surface area (Å²) < 4.78 is 13.4. The van der Waals surface area contributed by atoms with Crippen LogP contribution >= 0.6 is 23.2 Å². The summed E-state index contributed by atoms with van der Waals surface area (Å²) in [6, 6.07) is 10.8. The number of nitrogens with one attached hydrogen (secondary N) is 1. The SMILES string of the molecule is O=C(c1ccc(Cl)c(Cl)c1)c1c[nH]cc1-c1cccc(F)c1. The summed E-state index contributed by atoms with van der Waals surface area (Å²) in [6.45, 7) is 0. The molecule has 22 heavy (non-hydrogen) atoms. The second-order valence-electron chi connectivity index (χ2n) is 4.75. The van der Waals surface area contributed by atoms with E-state index in [4.69, 9.17) is 23.2 Å². The zero-order valence-electron chi connectivity index (χ0n) is 11.2. The molecule has 0 radical (unpaired) electrons. The fraction of sp³-hybridized carbons (Fsp3) is 0. The quantitative estimate of drug-likeness (QED) is 0.643. The smallest absolute Gasteiger partial charge is 0.195 e. The van der Waals surface area contributed by atoms with Crippen molar-refractivity contribution in [1.29, 1.82) is 0 Å². The summed E-state index contributed by atoms with van der Waals surface area (Å²) in [5, 5.41) is 0.702. The number of carbonyl (C=O) groups excluding carboxylic acids is 1. The minimum atomic E-state index is -0.355. The number of hydrogen-bond donors (Lipinski definition) is 1. The Morgan fingerprint density at radius 3 is 2.55 bits per heavy atom. The minimum absolute atomic E-state index is 0.209. The van der Waals surface area contributed by atoms with Gasteiger partial charge in [-0.3, -0.25) is 4.79 Å². The van der Waals surface area contributed by atoms with Crippen LogP contribution in [0.1, 0.15) is 15.9 Å². The van der Waals surface area contributed by atoms with Crippen LogP contribution < -0.4 is 0 Å². The van der Waals surface area contributed by atoms with E-state index >= 15 is 0 Å². The van der Waals surface area contributed by atoms with Gasteiger partial charge in [0.1, 0.15) is 5.82 Å². The van der Waals surface area contributed by atoms with Gasteiger partial charge in [0.2, 0.25) is 0 Å². The fourth-order valence-corrected chi connectivity index (χ4v) is 2.54. The molecule has 0 saturated carbocycles. The van der Waals surface area contributed by atoms with E-state index in [-0.39, 0.29) is 11.6 Å². The lowest BCUT2D eigenvalue weighted by molar-refractivity contribution is 0.103. The van der Waals surface area contributed by atoms with Crippen molar-refractivity contribution in [3.8, 4) is 11.1 Å². The molecule has 3 rings (SSSR count). The fourth-order valence-electron chi connectivity index (χ4n) is 2.24. The van der Waals surface area contributed by atoms with Crippen molar-refractivity contribution in [2.45, 2.75) is 0 Å². The standard InChI is InChI=1S/C17H10Cl2FNO/c18-15-5-4-11(7-16(15)19)17(22)14-9-21-8-13(14)10-2-1-3-12(20)6-10/h1-9,21H. The molecule has 1 N–H and O–H groups in total. The topological polar surface area (TPSA) is 32.9 Å². The Hall–Kier alpha value is -2.10. The van der Waals surface area contributed by atoms with Gasteiger partial charge in [0, 0.05) is 29.1 Å². The molecule has 0 aliphatic carbocycles. The second-order valence-corrected chi connectivity index (χ2v) is 5.57. The number of H-pyrrole nitrogens is 1. The average Bonchev–Trinajstić information content (AvgIpc) is 2.99. The summed E-state index contributed by atoms with van der Waals surface area (Å²) in [5.41, 5.74) is 2.14. The maximum absolute atomic E-state index is 13.4.